The van der Waals surface area contributed by atoms with Crippen molar-refractivity contribution in [2.24, 2.45) is 0 Å². The summed E-state index contributed by atoms with van der Waals surface area (Å²) in [5.74, 6) is 0. The van der Waals surface area contributed by atoms with E-state index in [0.29, 0.717) is 0 Å². The molecule has 0 saturated carbocycles. The van der Waals surface area contributed by atoms with Crippen LogP contribution in [-0.4, -0.2) is 38.1 Å². The standard InChI is InChI=1S/C7H18N2.2C2H6/c1-4-8-6-7-9(3)5-2;2*1-2/h8H,4-7H2,1-3H3;2*1-2H3. The second-order valence-electron chi connectivity index (χ2n) is 2.25. The SMILES string of the molecule is CC.CC.CCNCCN(C)CC. The van der Waals surface area contributed by atoms with Gasteiger partial charge in [-0.1, -0.05) is 41.5 Å². The zero-order valence-electron chi connectivity index (χ0n) is 10.8. The highest BCUT2D eigenvalue weighted by molar-refractivity contribution is 4.49. The van der Waals surface area contributed by atoms with Crippen LogP contribution in [-0.2, 0) is 0 Å². The van der Waals surface area contributed by atoms with Gasteiger partial charge in [-0.25, -0.2) is 0 Å². The summed E-state index contributed by atoms with van der Waals surface area (Å²) in [6.45, 7) is 16.8. The van der Waals surface area contributed by atoms with Crippen molar-refractivity contribution in [1.82, 2.24) is 10.2 Å². The summed E-state index contributed by atoms with van der Waals surface area (Å²) in [4.78, 5) is 2.29. The van der Waals surface area contributed by atoms with E-state index >= 15 is 0 Å². The van der Waals surface area contributed by atoms with E-state index in [0.717, 1.165) is 26.2 Å². The first-order valence-corrected chi connectivity index (χ1v) is 5.70. The molecule has 0 amide bonds. The van der Waals surface area contributed by atoms with Crippen LogP contribution >= 0.6 is 0 Å². The molecule has 2 heteroatoms. The topological polar surface area (TPSA) is 15.3 Å². The maximum atomic E-state index is 3.27. The fourth-order valence-corrected chi connectivity index (χ4v) is 0.605. The van der Waals surface area contributed by atoms with E-state index in [9.17, 15) is 0 Å². The van der Waals surface area contributed by atoms with Crippen LogP contribution in [0.1, 0.15) is 41.5 Å². The van der Waals surface area contributed by atoms with Crippen molar-refractivity contribution in [1.29, 1.82) is 0 Å². The van der Waals surface area contributed by atoms with Crippen LogP contribution in [0.4, 0.5) is 0 Å². The van der Waals surface area contributed by atoms with Crippen LogP contribution in [0, 0.1) is 0 Å². The van der Waals surface area contributed by atoms with Crippen LogP contribution in [0.3, 0.4) is 0 Å². The first-order valence-electron chi connectivity index (χ1n) is 5.70. The third kappa shape index (κ3) is 24.5. The highest BCUT2D eigenvalue weighted by atomic mass is 15.1. The van der Waals surface area contributed by atoms with Crippen LogP contribution in [0.2, 0.25) is 0 Å². The Labute approximate surface area is 85.7 Å². The molecule has 0 heterocycles. The molecule has 0 aliphatic carbocycles. The molecule has 0 aromatic rings. The van der Waals surface area contributed by atoms with Crippen molar-refractivity contribution in [2.75, 3.05) is 33.2 Å². The number of nitrogens with one attached hydrogen (secondary N) is 1. The van der Waals surface area contributed by atoms with Gasteiger partial charge in [0.2, 0.25) is 0 Å². The van der Waals surface area contributed by atoms with E-state index in [1.165, 1.54) is 0 Å². The Balaban J connectivity index is -0.000000218. The molecule has 84 valence electrons. The smallest absolute Gasteiger partial charge is 0.0104 e. The lowest BCUT2D eigenvalue weighted by Gasteiger charge is -2.12. The maximum Gasteiger partial charge on any atom is 0.0104 e. The summed E-state index contributed by atoms with van der Waals surface area (Å²) in [6, 6.07) is 0. The minimum absolute atomic E-state index is 1.08. The largest absolute Gasteiger partial charge is 0.316 e. The Morgan fingerprint density at radius 1 is 1.00 bits per heavy atom. The number of hydrogen-bond acceptors (Lipinski definition) is 2. The Bertz CT molecular complexity index is 56.1. The molecule has 0 spiro atoms. The highest BCUT2D eigenvalue weighted by Crippen LogP contribution is 1.76. The van der Waals surface area contributed by atoms with E-state index in [2.05, 4.69) is 31.1 Å². The summed E-state index contributed by atoms with van der Waals surface area (Å²) >= 11 is 0. The summed E-state index contributed by atoms with van der Waals surface area (Å²) in [6.07, 6.45) is 0. The molecule has 0 aromatic heterocycles. The van der Waals surface area contributed by atoms with Crippen LogP contribution in [0.5, 0.6) is 0 Å². The third-order valence-corrected chi connectivity index (χ3v) is 1.46. The maximum absolute atomic E-state index is 3.27. The summed E-state index contributed by atoms with van der Waals surface area (Å²) in [5.41, 5.74) is 0. The average Bonchev–Trinajstić information content (AvgIpc) is 2.24. The van der Waals surface area contributed by atoms with Crippen molar-refractivity contribution in [3.8, 4) is 0 Å². The van der Waals surface area contributed by atoms with E-state index in [4.69, 9.17) is 0 Å². The second kappa shape index (κ2) is 22.7. The van der Waals surface area contributed by atoms with Gasteiger partial charge in [-0.2, -0.15) is 0 Å². The summed E-state index contributed by atoms with van der Waals surface area (Å²) < 4.78 is 0. The van der Waals surface area contributed by atoms with Gasteiger partial charge in [0.25, 0.3) is 0 Å². The minimum Gasteiger partial charge on any atom is -0.316 e. The van der Waals surface area contributed by atoms with Crippen LogP contribution < -0.4 is 5.32 Å². The van der Waals surface area contributed by atoms with E-state index in [-0.39, 0.29) is 0 Å². The number of nitrogens with zero attached hydrogens (tertiary/aromatic N) is 1. The molecule has 0 saturated heterocycles. The predicted molar refractivity (Wildman–Crippen MR) is 64.4 cm³/mol. The zero-order valence-corrected chi connectivity index (χ0v) is 10.8. The molecular formula is C11H30N2. The first-order chi connectivity index (χ1) is 6.31. The molecular weight excluding hydrogens is 160 g/mol. The molecule has 0 radical (unpaired) electrons. The van der Waals surface area contributed by atoms with Crippen molar-refractivity contribution >= 4 is 0 Å². The van der Waals surface area contributed by atoms with Gasteiger partial charge in [0, 0.05) is 13.1 Å². The van der Waals surface area contributed by atoms with Gasteiger partial charge >= 0.3 is 0 Å². The molecule has 0 unspecified atom stereocenters. The third-order valence-electron chi connectivity index (χ3n) is 1.46. The monoisotopic (exact) mass is 190 g/mol. The molecule has 0 atom stereocenters. The number of rotatable bonds is 5. The minimum atomic E-state index is 1.08. The zero-order chi connectivity index (χ0) is 11.1. The number of likely N-dealkylation sites (N-methyl/N-ethyl adjacent to an activating group) is 2. The van der Waals surface area contributed by atoms with Gasteiger partial charge in [-0.15, -0.1) is 0 Å². The lowest BCUT2D eigenvalue weighted by Crippen LogP contribution is -2.28. The Hall–Kier alpha value is -0.0800. The first kappa shape index (κ1) is 18.7. The van der Waals surface area contributed by atoms with Crippen LogP contribution in [0.25, 0.3) is 0 Å². The number of hydrogen-bond donors (Lipinski definition) is 1. The molecule has 0 aliphatic heterocycles. The highest BCUT2D eigenvalue weighted by Gasteiger charge is 1.90. The predicted octanol–water partition coefficient (Wildman–Crippen LogP) is 2.60. The van der Waals surface area contributed by atoms with Gasteiger partial charge in [0.05, 0.1) is 0 Å². The molecule has 0 fully saturated rings. The Kier molecular flexibility index (Phi) is 32.5. The van der Waals surface area contributed by atoms with Crippen molar-refractivity contribution in [3.63, 3.8) is 0 Å². The van der Waals surface area contributed by atoms with E-state index < -0.39 is 0 Å². The molecule has 0 bridgehead atoms. The normalized spacial score (nSPS) is 8.31. The lowest BCUT2D eigenvalue weighted by atomic mass is 10.5. The van der Waals surface area contributed by atoms with Crippen molar-refractivity contribution in [2.45, 2.75) is 41.5 Å². The van der Waals surface area contributed by atoms with Gasteiger partial charge in [0.1, 0.15) is 0 Å². The fourth-order valence-electron chi connectivity index (χ4n) is 0.605. The van der Waals surface area contributed by atoms with Crippen molar-refractivity contribution in [3.05, 3.63) is 0 Å². The van der Waals surface area contributed by atoms with Gasteiger partial charge in [-0.3, -0.25) is 0 Å². The molecule has 2 nitrogen and oxygen atoms in total. The quantitative estimate of drug-likeness (QED) is 0.670. The average molecular weight is 190 g/mol. The molecule has 0 rings (SSSR count). The van der Waals surface area contributed by atoms with Gasteiger partial charge in [0.15, 0.2) is 0 Å². The summed E-state index contributed by atoms with van der Waals surface area (Å²) in [5, 5.41) is 3.27. The molecule has 0 aliphatic rings. The lowest BCUT2D eigenvalue weighted by molar-refractivity contribution is 0.350. The van der Waals surface area contributed by atoms with E-state index in [1.807, 2.05) is 27.7 Å². The Morgan fingerprint density at radius 3 is 1.77 bits per heavy atom. The molecule has 1 N–H and O–H groups in total. The van der Waals surface area contributed by atoms with E-state index in [1.54, 1.807) is 0 Å². The Morgan fingerprint density at radius 2 is 1.46 bits per heavy atom. The molecule has 0 aromatic carbocycles. The van der Waals surface area contributed by atoms with Crippen LogP contribution in [0.15, 0.2) is 0 Å². The summed E-state index contributed by atoms with van der Waals surface area (Å²) in [7, 11) is 2.14. The van der Waals surface area contributed by atoms with Gasteiger partial charge in [-0.05, 0) is 20.1 Å². The molecule has 13 heavy (non-hydrogen) atoms. The van der Waals surface area contributed by atoms with Crippen molar-refractivity contribution < 1.29 is 0 Å². The second-order valence-corrected chi connectivity index (χ2v) is 2.25. The fraction of sp³-hybridized carbons (Fsp3) is 1.00. The van der Waals surface area contributed by atoms with Gasteiger partial charge < -0.3 is 10.2 Å².